The molecule has 2 aromatic carbocycles. The van der Waals surface area contributed by atoms with E-state index in [1.54, 1.807) is 12.1 Å². The van der Waals surface area contributed by atoms with Gasteiger partial charge in [0.15, 0.2) is 11.5 Å². The van der Waals surface area contributed by atoms with Crippen LogP contribution in [0.5, 0.6) is 11.5 Å². The second kappa shape index (κ2) is 6.55. The van der Waals surface area contributed by atoms with Crippen molar-refractivity contribution in [3.63, 3.8) is 0 Å². The standard InChI is InChI=1S/C20H18N2O4/c1-13-9-14(2)22(21-13)17-6-4-16(5-7-17)20(23)24-11-15-3-8-18-19(10-15)26-12-25-18/h3-10H,11-12H2,1-2H3. The molecule has 4 rings (SSSR count). The molecule has 3 aromatic rings. The lowest BCUT2D eigenvalue weighted by molar-refractivity contribution is 0.0472. The van der Waals surface area contributed by atoms with E-state index < -0.39 is 0 Å². The van der Waals surface area contributed by atoms with Gasteiger partial charge in [-0.25, -0.2) is 9.48 Å². The van der Waals surface area contributed by atoms with E-state index in [0.717, 1.165) is 22.6 Å². The Hall–Kier alpha value is -3.28. The summed E-state index contributed by atoms with van der Waals surface area (Å²) in [5.41, 5.74) is 4.25. The van der Waals surface area contributed by atoms with Gasteiger partial charge in [0.25, 0.3) is 0 Å². The highest BCUT2D eigenvalue weighted by Gasteiger charge is 2.14. The normalized spacial score (nSPS) is 12.2. The summed E-state index contributed by atoms with van der Waals surface area (Å²) in [4.78, 5) is 12.3. The van der Waals surface area contributed by atoms with E-state index in [0.29, 0.717) is 17.1 Å². The van der Waals surface area contributed by atoms with Gasteiger partial charge in [0.1, 0.15) is 6.61 Å². The molecule has 1 aliphatic rings. The predicted octanol–water partition coefficient (Wildman–Crippen LogP) is 3.57. The van der Waals surface area contributed by atoms with Crippen LogP contribution in [0.15, 0.2) is 48.5 Å². The molecule has 0 aliphatic carbocycles. The minimum Gasteiger partial charge on any atom is -0.457 e. The van der Waals surface area contributed by atoms with E-state index in [9.17, 15) is 4.79 Å². The van der Waals surface area contributed by atoms with Crippen molar-refractivity contribution in [2.24, 2.45) is 0 Å². The summed E-state index contributed by atoms with van der Waals surface area (Å²) in [5.74, 6) is 1.01. The van der Waals surface area contributed by atoms with Gasteiger partial charge in [-0.1, -0.05) is 6.07 Å². The molecule has 6 heteroatoms. The number of aromatic nitrogens is 2. The molecule has 2 heterocycles. The molecule has 0 fully saturated rings. The second-order valence-electron chi connectivity index (χ2n) is 6.15. The molecule has 0 spiro atoms. The maximum Gasteiger partial charge on any atom is 0.338 e. The van der Waals surface area contributed by atoms with Gasteiger partial charge in [-0.2, -0.15) is 5.10 Å². The van der Waals surface area contributed by atoms with Gasteiger partial charge in [0.05, 0.1) is 16.9 Å². The number of esters is 1. The summed E-state index contributed by atoms with van der Waals surface area (Å²) >= 11 is 0. The Morgan fingerprint density at radius 2 is 1.85 bits per heavy atom. The number of carbonyl (C=O) groups is 1. The third kappa shape index (κ3) is 3.13. The Morgan fingerprint density at radius 3 is 2.58 bits per heavy atom. The van der Waals surface area contributed by atoms with Crippen LogP contribution in [0.2, 0.25) is 0 Å². The monoisotopic (exact) mass is 350 g/mol. The molecule has 0 N–H and O–H groups in total. The van der Waals surface area contributed by atoms with E-state index in [1.807, 2.05) is 54.9 Å². The highest BCUT2D eigenvalue weighted by Crippen LogP contribution is 2.32. The first-order chi connectivity index (χ1) is 12.6. The van der Waals surface area contributed by atoms with Crippen LogP contribution in [0.4, 0.5) is 0 Å². The van der Waals surface area contributed by atoms with Crippen LogP contribution in [-0.2, 0) is 11.3 Å². The SMILES string of the molecule is Cc1cc(C)n(-c2ccc(C(=O)OCc3ccc4c(c3)OCO4)cc2)n1. The fraction of sp³-hybridized carbons (Fsp3) is 0.200. The summed E-state index contributed by atoms with van der Waals surface area (Å²) in [6, 6.07) is 14.7. The average molecular weight is 350 g/mol. The quantitative estimate of drug-likeness (QED) is 0.673. The minimum atomic E-state index is -0.373. The predicted molar refractivity (Wildman–Crippen MR) is 94.7 cm³/mol. The number of benzene rings is 2. The Labute approximate surface area is 150 Å². The maximum atomic E-state index is 12.3. The van der Waals surface area contributed by atoms with Crippen LogP contribution >= 0.6 is 0 Å². The molecule has 1 aliphatic heterocycles. The molecule has 0 unspecified atom stereocenters. The summed E-state index contributed by atoms with van der Waals surface area (Å²) in [5, 5.41) is 4.44. The number of rotatable bonds is 4. The fourth-order valence-electron chi connectivity index (χ4n) is 2.89. The molecule has 0 bridgehead atoms. The molecule has 0 amide bonds. The zero-order valence-electron chi connectivity index (χ0n) is 14.6. The van der Waals surface area contributed by atoms with E-state index in [4.69, 9.17) is 14.2 Å². The average Bonchev–Trinajstić information content (AvgIpc) is 3.25. The third-order valence-electron chi connectivity index (χ3n) is 4.16. The smallest absolute Gasteiger partial charge is 0.338 e. The van der Waals surface area contributed by atoms with Gasteiger partial charge in [0.2, 0.25) is 6.79 Å². The maximum absolute atomic E-state index is 12.3. The number of fused-ring (bicyclic) bond motifs is 1. The van der Waals surface area contributed by atoms with E-state index >= 15 is 0 Å². The summed E-state index contributed by atoms with van der Waals surface area (Å²) in [6.45, 7) is 4.34. The van der Waals surface area contributed by atoms with E-state index in [-0.39, 0.29) is 19.4 Å². The topological polar surface area (TPSA) is 62.6 Å². The molecule has 26 heavy (non-hydrogen) atoms. The third-order valence-corrected chi connectivity index (χ3v) is 4.16. The molecule has 132 valence electrons. The minimum absolute atomic E-state index is 0.175. The van der Waals surface area contributed by atoms with Crippen molar-refractivity contribution in [2.45, 2.75) is 20.5 Å². The Balaban J connectivity index is 1.42. The second-order valence-corrected chi connectivity index (χ2v) is 6.15. The number of hydrogen-bond donors (Lipinski definition) is 0. The molecule has 1 aromatic heterocycles. The van der Waals surface area contributed by atoms with Crippen molar-refractivity contribution in [3.05, 3.63) is 71.0 Å². The number of carbonyl (C=O) groups excluding carboxylic acids is 1. The van der Waals surface area contributed by atoms with Gasteiger partial charge in [0, 0.05) is 5.69 Å². The lowest BCUT2D eigenvalue weighted by Crippen LogP contribution is -2.06. The van der Waals surface area contributed by atoms with E-state index in [1.165, 1.54) is 0 Å². The van der Waals surface area contributed by atoms with Crippen LogP contribution in [0.25, 0.3) is 5.69 Å². The Kier molecular flexibility index (Phi) is 4.08. The van der Waals surface area contributed by atoms with Gasteiger partial charge < -0.3 is 14.2 Å². The number of ether oxygens (including phenoxy) is 3. The molecule has 0 radical (unpaired) electrons. The van der Waals surface area contributed by atoms with Crippen LogP contribution < -0.4 is 9.47 Å². The largest absolute Gasteiger partial charge is 0.457 e. The Bertz CT molecular complexity index is 960. The van der Waals surface area contributed by atoms with Crippen molar-refractivity contribution in [3.8, 4) is 17.2 Å². The van der Waals surface area contributed by atoms with Crippen molar-refractivity contribution in [2.75, 3.05) is 6.79 Å². The van der Waals surface area contributed by atoms with E-state index in [2.05, 4.69) is 5.10 Å². The molecular weight excluding hydrogens is 332 g/mol. The summed E-state index contributed by atoms with van der Waals surface area (Å²) < 4.78 is 17.8. The van der Waals surface area contributed by atoms with Crippen LogP contribution in [0, 0.1) is 13.8 Å². The Morgan fingerprint density at radius 1 is 1.08 bits per heavy atom. The van der Waals surface area contributed by atoms with Gasteiger partial charge in [-0.15, -0.1) is 0 Å². The summed E-state index contributed by atoms with van der Waals surface area (Å²) in [7, 11) is 0. The van der Waals surface area contributed by atoms with Crippen LogP contribution in [-0.4, -0.2) is 22.5 Å². The number of aryl methyl sites for hydroxylation is 2. The first-order valence-electron chi connectivity index (χ1n) is 8.29. The van der Waals surface area contributed by atoms with Crippen molar-refractivity contribution < 1.29 is 19.0 Å². The number of nitrogens with zero attached hydrogens (tertiary/aromatic N) is 2. The highest BCUT2D eigenvalue weighted by atomic mass is 16.7. The molecule has 0 saturated carbocycles. The molecule has 6 nitrogen and oxygen atoms in total. The van der Waals surface area contributed by atoms with Gasteiger partial charge in [-0.3, -0.25) is 0 Å². The fourth-order valence-corrected chi connectivity index (χ4v) is 2.89. The first-order valence-corrected chi connectivity index (χ1v) is 8.29. The van der Waals surface area contributed by atoms with Gasteiger partial charge >= 0.3 is 5.97 Å². The van der Waals surface area contributed by atoms with Crippen molar-refractivity contribution >= 4 is 5.97 Å². The zero-order chi connectivity index (χ0) is 18.1. The number of hydrogen-bond acceptors (Lipinski definition) is 5. The lowest BCUT2D eigenvalue weighted by atomic mass is 10.2. The van der Waals surface area contributed by atoms with Gasteiger partial charge in [-0.05, 0) is 61.9 Å². The molecular formula is C20H18N2O4. The summed E-state index contributed by atoms with van der Waals surface area (Å²) in [6.07, 6.45) is 0. The molecule has 0 saturated heterocycles. The van der Waals surface area contributed by atoms with Crippen LogP contribution in [0.3, 0.4) is 0 Å². The lowest BCUT2D eigenvalue weighted by Gasteiger charge is -2.08. The van der Waals surface area contributed by atoms with Crippen LogP contribution in [0.1, 0.15) is 27.3 Å². The van der Waals surface area contributed by atoms with Crippen molar-refractivity contribution in [1.82, 2.24) is 9.78 Å². The first kappa shape index (κ1) is 16.2. The molecule has 0 atom stereocenters. The zero-order valence-corrected chi connectivity index (χ0v) is 14.6. The van der Waals surface area contributed by atoms with Crippen molar-refractivity contribution in [1.29, 1.82) is 0 Å². The highest BCUT2D eigenvalue weighted by molar-refractivity contribution is 5.89.